The lowest BCUT2D eigenvalue weighted by molar-refractivity contribution is -0.115. The SMILES string of the molecule is CC1CCCc2sc3nc(SCC(N)=O)n(-c4ccccc4)c(=O)c3c21. The number of thiophene rings is 1. The van der Waals surface area contributed by atoms with Crippen molar-refractivity contribution < 1.29 is 4.79 Å². The van der Waals surface area contributed by atoms with Crippen LogP contribution in [0.1, 0.15) is 36.1 Å². The van der Waals surface area contributed by atoms with Crippen LogP contribution in [0.15, 0.2) is 40.3 Å². The molecule has 4 rings (SSSR count). The largest absolute Gasteiger partial charge is 0.369 e. The molecule has 1 aliphatic carbocycles. The van der Waals surface area contributed by atoms with Gasteiger partial charge >= 0.3 is 0 Å². The van der Waals surface area contributed by atoms with E-state index in [1.165, 1.54) is 22.2 Å². The van der Waals surface area contributed by atoms with Crippen molar-refractivity contribution in [1.29, 1.82) is 0 Å². The van der Waals surface area contributed by atoms with E-state index in [4.69, 9.17) is 10.7 Å². The molecular weight excluding hydrogens is 366 g/mol. The first kappa shape index (κ1) is 17.3. The van der Waals surface area contributed by atoms with Crippen molar-refractivity contribution in [1.82, 2.24) is 9.55 Å². The average molecular weight is 386 g/mol. The molecule has 0 saturated carbocycles. The smallest absolute Gasteiger partial charge is 0.267 e. The first-order valence-corrected chi connectivity index (χ1v) is 10.4. The molecule has 2 heterocycles. The number of rotatable bonds is 4. The standard InChI is InChI=1S/C19H19N3O2S2/c1-11-6-5-9-13-15(11)16-17(26-13)21-19(25-10-14(20)23)22(18(16)24)12-7-3-2-4-8-12/h2-4,7-8,11H,5-6,9-10H2,1H3,(H2,20,23). The topological polar surface area (TPSA) is 78.0 Å². The number of carbonyl (C=O) groups excluding carboxylic acids is 1. The number of thioether (sulfide) groups is 1. The molecular formula is C19H19N3O2S2. The summed E-state index contributed by atoms with van der Waals surface area (Å²) in [6, 6.07) is 9.45. The minimum Gasteiger partial charge on any atom is -0.369 e. The first-order chi connectivity index (χ1) is 12.6. The fourth-order valence-electron chi connectivity index (χ4n) is 3.56. The van der Waals surface area contributed by atoms with E-state index < -0.39 is 5.91 Å². The zero-order valence-corrected chi connectivity index (χ0v) is 16.0. The fourth-order valence-corrected chi connectivity index (χ4v) is 5.68. The maximum Gasteiger partial charge on any atom is 0.267 e. The second kappa shape index (κ2) is 6.89. The number of benzene rings is 1. The van der Waals surface area contributed by atoms with Gasteiger partial charge in [-0.1, -0.05) is 36.9 Å². The number of para-hydroxylation sites is 1. The molecule has 2 N–H and O–H groups in total. The van der Waals surface area contributed by atoms with Crippen LogP contribution in [0.25, 0.3) is 15.9 Å². The molecule has 0 saturated heterocycles. The Morgan fingerprint density at radius 3 is 2.88 bits per heavy atom. The van der Waals surface area contributed by atoms with Gasteiger partial charge in [-0.2, -0.15) is 0 Å². The number of nitrogens with two attached hydrogens (primary N) is 1. The fraction of sp³-hybridized carbons (Fsp3) is 0.316. The molecule has 134 valence electrons. The van der Waals surface area contributed by atoms with Crippen LogP contribution in [0.2, 0.25) is 0 Å². The van der Waals surface area contributed by atoms with E-state index in [1.807, 2.05) is 30.3 Å². The number of carbonyl (C=O) groups is 1. The molecule has 2 aromatic heterocycles. The number of amides is 1. The first-order valence-electron chi connectivity index (χ1n) is 8.61. The highest BCUT2D eigenvalue weighted by atomic mass is 32.2. The molecule has 5 nitrogen and oxygen atoms in total. The summed E-state index contributed by atoms with van der Waals surface area (Å²) in [5.74, 6) is 0.0325. The number of hydrogen-bond acceptors (Lipinski definition) is 5. The molecule has 1 aliphatic rings. The summed E-state index contributed by atoms with van der Waals surface area (Å²) in [7, 11) is 0. The van der Waals surface area contributed by atoms with Crippen molar-refractivity contribution in [2.75, 3.05) is 5.75 Å². The van der Waals surface area contributed by atoms with Crippen LogP contribution in [-0.2, 0) is 11.2 Å². The number of fused-ring (bicyclic) bond motifs is 3. The van der Waals surface area contributed by atoms with Crippen LogP contribution in [0, 0.1) is 0 Å². The molecule has 0 radical (unpaired) electrons. The van der Waals surface area contributed by atoms with Gasteiger partial charge in [0.05, 0.1) is 16.8 Å². The molecule has 3 aromatic rings. The Bertz CT molecular complexity index is 1040. The van der Waals surface area contributed by atoms with Crippen molar-refractivity contribution in [3.8, 4) is 5.69 Å². The Hall–Kier alpha value is -2.12. The maximum absolute atomic E-state index is 13.5. The minimum absolute atomic E-state index is 0.0561. The van der Waals surface area contributed by atoms with Gasteiger partial charge in [-0.3, -0.25) is 14.2 Å². The van der Waals surface area contributed by atoms with Crippen LogP contribution in [0.4, 0.5) is 0 Å². The van der Waals surface area contributed by atoms with Gasteiger partial charge in [-0.15, -0.1) is 11.3 Å². The molecule has 1 aromatic carbocycles. The summed E-state index contributed by atoms with van der Waals surface area (Å²) in [6.07, 6.45) is 3.26. The van der Waals surface area contributed by atoms with Crippen molar-refractivity contribution >= 4 is 39.2 Å². The molecule has 0 spiro atoms. The van der Waals surface area contributed by atoms with Gasteiger partial charge in [0.15, 0.2) is 5.16 Å². The second-order valence-electron chi connectivity index (χ2n) is 6.54. The molecule has 7 heteroatoms. The maximum atomic E-state index is 13.5. The van der Waals surface area contributed by atoms with Crippen LogP contribution in [-0.4, -0.2) is 21.2 Å². The van der Waals surface area contributed by atoms with E-state index in [0.717, 1.165) is 35.2 Å². The number of aromatic nitrogens is 2. The van der Waals surface area contributed by atoms with Crippen molar-refractivity contribution in [2.45, 2.75) is 37.3 Å². The van der Waals surface area contributed by atoms with E-state index in [0.29, 0.717) is 11.1 Å². The summed E-state index contributed by atoms with van der Waals surface area (Å²) in [6.45, 7) is 2.19. The predicted molar refractivity (Wildman–Crippen MR) is 106 cm³/mol. The van der Waals surface area contributed by atoms with E-state index in [-0.39, 0.29) is 11.3 Å². The Morgan fingerprint density at radius 1 is 1.38 bits per heavy atom. The van der Waals surface area contributed by atoms with Crippen molar-refractivity contribution in [3.63, 3.8) is 0 Å². The monoisotopic (exact) mass is 385 g/mol. The summed E-state index contributed by atoms with van der Waals surface area (Å²) >= 11 is 2.83. The highest BCUT2D eigenvalue weighted by Crippen LogP contribution is 2.40. The van der Waals surface area contributed by atoms with Gasteiger partial charge in [0.1, 0.15) is 4.83 Å². The van der Waals surface area contributed by atoms with Gasteiger partial charge in [-0.25, -0.2) is 4.98 Å². The molecule has 1 unspecified atom stereocenters. The van der Waals surface area contributed by atoms with E-state index >= 15 is 0 Å². The van der Waals surface area contributed by atoms with Gasteiger partial charge in [0.2, 0.25) is 5.91 Å². The van der Waals surface area contributed by atoms with Gasteiger partial charge in [0.25, 0.3) is 5.56 Å². The van der Waals surface area contributed by atoms with Crippen molar-refractivity contribution in [3.05, 3.63) is 51.1 Å². The third-order valence-corrected chi connectivity index (χ3v) is 6.82. The third-order valence-electron chi connectivity index (χ3n) is 4.70. The lowest BCUT2D eigenvalue weighted by Crippen LogP contribution is -2.23. The zero-order chi connectivity index (χ0) is 18.3. The Kier molecular flexibility index (Phi) is 4.58. The van der Waals surface area contributed by atoms with Gasteiger partial charge in [-0.05, 0) is 42.9 Å². The molecule has 0 aliphatic heterocycles. The number of hydrogen-bond donors (Lipinski definition) is 1. The second-order valence-corrected chi connectivity index (χ2v) is 8.56. The summed E-state index contributed by atoms with van der Waals surface area (Å²) in [5.41, 5.74) is 7.17. The van der Waals surface area contributed by atoms with Crippen molar-refractivity contribution in [2.24, 2.45) is 5.73 Å². The number of primary amides is 1. The summed E-state index contributed by atoms with van der Waals surface area (Å²) < 4.78 is 1.62. The van der Waals surface area contributed by atoms with Crippen LogP contribution >= 0.6 is 23.1 Å². The zero-order valence-electron chi connectivity index (χ0n) is 14.4. The normalized spacial score (nSPS) is 16.6. The van der Waals surface area contributed by atoms with Gasteiger partial charge < -0.3 is 5.73 Å². The molecule has 0 bridgehead atoms. The quantitative estimate of drug-likeness (QED) is 0.551. The van der Waals surface area contributed by atoms with E-state index in [9.17, 15) is 9.59 Å². The molecule has 1 atom stereocenters. The predicted octanol–water partition coefficient (Wildman–Crippen LogP) is 3.46. The Balaban J connectivity index is 2.00. The molecule has 1 amide bonds. The summed E-state index contributed by atoms with van der Waals surface area (Å²) in [4.78, 5) is 31.5. The van der Waals surface area contributed by atoms with Gasteiger partial charge in [0, 0.05) is 4.88 Å². The highest BCUT2D eigenvalue weighted by Gasteiger charge is 2.26. The molecule has 0 fully saturated rings. The lowest BCUT2D eigenvalue weighted by Gasteiger charge is -2.19. The van der Waals surface area contributed by atoms with Crippen LogP contribution in [0.5, 0.6) is 0 Å². The highest BCUT2D eigenvalue weighted by molar-refractivity contribution is 7.99. The molecule has 26 heavy (non-hydrogen) atoms. The van der Waals surface area contributed by atoms with Crippen LogP contribution < -0.4 is 11.3 Å². The number of aryl methyl sites for hydroxylation is 1. The lowest BCUT2D eigenvalue weighted by atomic mass is 9.88. The third kappa shape index (κ3) is 2.95. The van der Waals surface area contributed by atoms with E-state index in [1.54, 1.807) is 15.9 Å². The van der Waals surface area contributed by atoms with Crippen LogP contribution in [0.3, 0.4) is 0 Å². The average Bonchev–Trinajstić information content (AvgIpc) is 3.00. The number of nitrogens with zero attached hydrogens (tertiary/aromatic N) is 2. The summed E-state index contributed by atoms with van der Waals surface area (Å²) in [5, 5.41) is 1.25. The Morgan fingerprint density at radius 2 is 2.15 bits per heavy atom. The Labute approximate surface area is 159 Å². The minimum atomic E-state index is -0.428. The van der Waals surface area contributed by atoms with E-state index in [2.05, 4.69) is 6.92 Å².